The minimum Gasteiger partial charge on any atom is -0.378 e. The summed E-state index contributed by atoms with van der Waals surface area (Å²) in [5.41, 5.74) is 0. The second-order valence-electron chi connectivity index (χ2n) is 4.47. The number of carbonyl (C=O) groups excluding carboxylic acids is 1. The average Bonchev–Trinajstić information content (AvgIpc) is 2.69. The fourth-order valence-corrected chi connectivity index (χ4v) is 2.11. The number of nitrogens with zero attached hydrogens (tertiary/aromatic N) is 2. The molecule has 1 fully saturated rings. The van der Waals surface area contributed by atoms with Crippen molar-refractivity contribution in [1.29, 1.82) is 0 Å². The predicted octanol–water partition coefficient (Wildman–Crippen LogP) is 1.05. The second-order valence-corrected chi connectivity index (χ2v) is 4.86. The summed E-state index contributed by atoms with van der Waals surface area (Å²) in [7, 11) is 1.82. The predicted molar refractivity (Wildman–Crippen MR) is 68.4 cm³/mol. The van der Waals surface area contributed by atoms with Crippen molar-refractivity contribution in [3.8, 4) is 0 Å². The lowest BCUT2D eigenvalue weighted by Crippen LogP contribution is -2.30. The number of hydrogen-bond donors (Lipinski definition) is 2. The van der Waals surface area contributed by atoms with E-state index in [1.165, 1.54) is 0 Å². The molecule has 1 saturated heterocycles. The van der Waals surface area contributed by atoms with Gasteiger partial charge in [-0.1, -0.05) is 0 Å². The van der Waals surface area contributed by atoms with E-state index in [-0.39, 0.29) is 12.0 Å². The first-order valence-electron chi connectivity index (χ1n) is 6.15. The van der Waals surface area contributed by atoms with Crippen molar-refractivity contribution in [2.75, 3.05) is 6.61 Å². The van der Waals surface area contributed by atoms with Crippen LogP contribution in [0.2, 0.25) is 0 Å². The van der Waals surface area contributed by atoms with Gasteiger partial charge in [-0.15, -0.1) is 0 Å². The van der Waals surface area contributed by atoms with Gasteiger partial charge in [0.15, 0.2) is 10.6 Å². The third-order valence-corrected chi connectivity index (χ3v) is 3.47. The van der Waals surface area contributed by atoms with Crippen molar-refractivity contribution in [1.82, 2.24) is 20.1 Å². The molecular formula is C11H18N4O2S. The van der Waals surface area contributed by atoms with E-state index in [2.05, 4.69) is 15.5 Å². The van der Waals surface area contributed by atoms with Crippen LogP contribution < -0.4 is 5.32 Å². The highest BCUT2D eigenvalue weighted by atomic mass is 32.1. The first-order chi connectivity index (χ1) is 8.66. The molecule has 100 valence electrons. The maximum absolute atomic E-state index is 11.7. The van der Waals surface area contributed by atoms with E-state index >= 15 is 0 Å². The molecule has 0 aliphatic carbocycles. The number of rotatable bonds is 4. The van der Waals surface area contributed by atoms with Gasteiger partial charge in [0, 0.05) is 13.7 Å². The maximum Gasteiger partial charge on any atom is 0.222 e. The van der Waals surface area contributed by atoms with Crippen LogP contribution >= 0.6 is 12.2 Å². The van der Waals surface area contributed by atoms with Crippen molar-refractivity contribution in [2.45, 2.75) is 38.3 Å². The number of aromatic nitrogens is 3. The Hall–Kier alpha value is -1.21. The zero-order chi connectivity index (χ0) is 13.0. The first-order valence-corrected chi connectivity index (χ1v) is 6.56. The van der Waals surface area contributed by atoms with E-state index in [1.54, 1.807) is 4.57 Å². The van der Waals surface area contributed by atoms with Gasteiger partial charge < -0.3 is 14.6 Å². The average molecular weight is 270 g/mol. The van der Waals surface area contributed by atoms with Crippen molar-refractivity contribution in [3.63, 3.8) is 0 Å². The van der Waals surface area contributed by atoms with Crippen LogP contribution in [0.3, 0.4) is 0 Å². The molecule has 1 aliphatic rings. The Morgan fingerprint density at radius 2 is 2.50 bits per heavy atom. The first kappa shape index (κ1) is 13.2. The van der Waals surface area contributed by atoms with Crippen LogP contribution in [0.5, 0.6) is 0 Å². The maximum atomic E-state index is 11.7. The summed E-state index contributed by atoms with van der Waals surface area (Å²) in [5, 5.41) is 9.55. The molecule has 7 heteroatoms. The fraction of sp³-hybridized carbons (Fsp3) is 0.727. The van der Waals surface area contributed by atoms with Gasteiger partial charge in [-0.2, -0.15) is 5.10 Å². The third kappa shape index (κ3) is 3.39. The number of hydrogen-bond acceptors (Lipinski definition) is 4. The molecule has 18 heavy (non-hydrogen) atoms. The Morgan fingerprint density at radius 1 is 1.67 bits per heavy atom. The Balaban J connectivity index is 1.77. The number of amides is 1. The Bertz CT molecular complexity index is 462. The molecule has 1 aromatic heterocycles. The highest BCUT2D eigenvalue weighted by Gasteiger charge is 2.17. The topological polar surface area (TPSA) is 71.9 Å². The standard InChI is InChI=1S/C11H18N4O2S/c1-15-9(13-14-11(15)18)7-12-10(16)6-8-4-2-3-5-17-8/h8H,2-7H2,1H3,(H,12,16)(H,14,18)/t8-/m0/s1. The summed E-state index contributed by atoms with van der Waals surface area (Å²) >= 11 is 5.00. The van der Waals surface area contributed by atoms with Gasteiger partial charge in [-0.3, -0.25) is 9.89 Å². The fourth-order valence-electron chi connectivity index (χ4n) is 1.96. The molecule has 0 saturated carbocycles. The molecule has 0 bridgehead atoms. The minimum absolute atomic E-state index is 0.00387. The summed E-state index contributed by atoms with van der Waals surface area (Å²) < 4.78 is 7.82. The molecule has 1 atom stereocenters. The van der Waals surface area contributed by atoms with Crippen molar-refractivity contribution >= 4 is 18.1 Å². The lowest BCUT2D eigenvalue weighted by molar-refractivity contribution is -0.125. The Kier molecular flexibility index (Phi) is 4.48. The number of carbonyl (C=O) groups is 1. The zero-order valence-corrected chi connectivity index (χ0v) is 11.3. The van der Waals surface area contributed by atoms with Gasteiger partial charge in [0.05, 0.1) is 19.1 Å². The number of aromatic amines is 1. The van der Waals surface area contributed by atoms with E-state index in [0.29, 0.717) is 17.7 Å². The van der Waals surface area contributed by atoms with Crippen LogP contribution in [0.25, 0.3) is 0 Å². The molecule has 0 unspecified atom stereocenters. The van der Waals surface area contributed by atoms with Crippen molar-refractivity contribution < 1.29 is 9.53 Å². The van der Waals surface area contributed by atoms with Crippen LogP contribution in [0.4, 0.5) is 0 Å². The molecule has 1 aliphatic heterocycles. The van der Waals surface area contributed by atoms with Crippen molar-refractivity contribution in [2.24, 2.45) is 7.05 Å². The minimum atomic E-state index is -0.00387. The number of nitrogens with one attached hydrogen (secondary N) is 2. The normalized spacial score (nSPS) is 19.7. The lowest BCUT2D eigenvalue weighted by Gasteiger charge is -2.21. The molecule has 0 spiro atoms. The van der Waals surface area contributed by atoms with E-state index in [4.69, 9.17) is 17.0 Å². The second kappa shape index (κ2) is 6.10. The molecule has 2 heterocycles. The van der Waals surface area contributed by atoms with Gasteiger partial charge in [0.25, 0.3) is 0 Å². The van der Waals surface area contributed by atoms with Crippen LogP contribution in [0.15, 0.2) is 0 Å². The monoisotopic (exact) mass is 270 g/mol. The number of ether oxygens (including phenoxy) is 1. The molecular weight excluding hydrogens is 252 g/mol. The Labute approximate surface area is 111 Å². The van der Waals surface area contributed by atoms with Gasteiger partial charge in [-0.05, 0) is 31.5 Å². The van der Waals surface area contributed by atoms with E-state index < -0.39 is 0 Å². The molecule has 0 aromatic carbocycles. The molecule has 2 rings (SSSR count). The van der Waals surface area contributed by atoms with Crippen LogP contribution in [0.1, 0.15) is 31.5 Å². The molecule has 2 N–H and O–H groups in total. The van der Waals surface area contributed by atoms with Gasteiger partial charge in [-0.25, -0.2) is 0 Å². The molecule has 0 radical (unpaired) electrons. The van der Waals surface area contributed by atoms with E-state index in [1.807, 2.05) is 7.05 Å². The summed E-state index contributed by atoms with van der Waals surface area (Å²) in [6.07, 6.45) is 3.71. The van der Waals surface area contributed by atoms with E-state index in [9.17, 15) is 4.79 Å². The third-order valence-electron chi connectivity index (χ3n) is 3.10. The molecule has 1 aromatic rings. The van der Waals surface area contributed by atoms with Crippen LogP contribution in [0, 0.1) is 4.77 Å². The van der Waals surface area contributed by atoms with Gasteiger partial charge in [0.1, 0.15) is 0 Å². The summed E-state index contributed by atoms with van der Waals surface area (Å²) in [5.74, 6) is 0.716. The molecule has 6 nitrogen and oxygen atoms in total. The number of H-pyrrole nitrogens is 1. The SMILES string of the molecule is Cn1c(CNC(=O)C[C@@H]2CCCCO2)n[nH]c1=S. The lowest BCUT2D eigenvalue weighted by atomic mass is 10.1. The molecule has 1 amide bonds. The Morgan fingerprint density at radius 3 is 3.11 bits per heavy atom. The quantitative estimate of drug-likeness (QED) is 0.802. The highest BCUT2D eigenvalue weighted by molar-refractivity contribution is 7.71. The summed E-state index contributed by atoms with van der Waals surface area (Å²) in [4.78, 5) is 11.7. The van der Waals surface area contributed by atoms with Crippen molar-refractivity contribution in [3.05, 3.63) is 10.6 Å². The summed E-state index contributed by atoms with van der Waals surface area (Å²) in [6, 6.07) is 0. The van der Waals surface area contributed by atoms with Gasteiger partial charge >= 0.3 is 0 Å². The van der Waals surface area contributed by atoms with Crippen LogP contribution in [-0.2, 0) is 23.1 Å². The van der Waals surface area contributed by atoms with Gasteiger partial charge in [0.2, 0.25) is 5.91 Å². The zero-order valence-electron chi connectivity index (χ0n) is 10.4. The van der Waals surface area contributed by atoms with Crippen LogP contribution in [-0.4, -0.2) is 33.4 Å². The largest absolute Gasteiger partial charge is 0.378 e. The van der Waals surface area contributed by atoms with E-state index in [0.717, 1.165) is 31.7 Å². The highest BCUT2D eigenvalue weighted by Crippen LogP contribution is 2.15. The summed E-state index contributed by atoms with van der Waals surface area (Å²) in [6.45, 7) is 1.15. The smallest absolute Gasteiger partial charge is 0.222 e.